The van der Waals surface area contributed by atoms with Crippen molar-refractivity contribution in [2.24, 2.45) is 5.73 Å². The number of rotatable bonds is 9. The van der Waals surface area contributed by atoms with Crippen LogP contribution in [-0.4, -0.2) is 38.1 Å². The highest BCUT2D eigenvalue weighted by Crippen LogP contribution is 2.28. The minimum atomic E-state index is -0.722. The van der Waals surface area contributed by atoms with Gasteiger partial charge in [-0.15, -0.1) is 0 Å². The number of methoxy groups -OCH3 is 2. The first-order chi connectivity index (χ1) is 12.0. The largest absolute Gasteiger partial charge is 0.493 e. The summed E-state index contributed by atoms with van der Waals surface area (Å²) in [5.41, 5.74) is 8.30. The first-order valence-electron chi connectivity index (χ1n) is 8.37. The second kappa shape index (κ2) is 9.30. The van der Waals surface area contributed by atoms with Crippen molar-refractivity contribution in [3.63, 3.8) is 0 Å². The molecule has 0 fully saturated rings. The lowest BCUT2D eigenvalue weighted by Gasteiger charge is -2.19. The molecule has 0 aliphatic rings. The third-order valence-corrected chi connectivity index (χ3v) is 4.12. The van der Waals surface area contributed by atoms with Crippen LogP contribution in [0, 0.1) is 6.92 Å². The summed E-state index contributed by atoms with van der Waals surface area (Å²) in [5.74, 6) is 2.13. The molecule has 2 atom stereocenters. The molecule has 136 valence electrons. The highest BCUT2D eigenvalue weighted by molar-refractivity contribution is 5.42. The first-order valence-corrected chi connectivity index (χ1v) is 8.37. The average Bonchev–Trinajstić information content (AvgIpc) is 2.63. The Morgan fingerprint density at radius 1 is 1.04 bits per heavy atom. The normalized spacial score (nSPS) is 13.2. The minimum absolute atomic E-state index is 0.177. The van der Waals surface area contributed by atoms with Gasteiger partial charge in [-0.05, 0) is 55.2 Å². The van der Waals surface area contributed by atoms with Gasteiger partial charge in [-0.1, -0.05) is 18.2 Å². The standard InChI is InChI=1S/C20H27NO4/c1-14-5-4-6-16(11-14)25-13-18(22)17(21)9-7-15-8-10-19(23-2)20(12-15)24-3/h4-6,8,10-12,17-18,22H,7,9,13,21H2,1-3H3. The highest BCUT2D eigenvalue weighted by Gasteiger charge is 2.16. The topological polar surface area (TPSA) is 73.9 Å². The van der Waals surface area contributed by atoms with Crippen LogP contribution in [0.1, 0.15) is 17.5 Å². The van der Waals surface area contributed by atoms with Crippen LogP contribution in [0.3, 0.4) is 0 Å². The lowest BCUT2D eigenvalue weighted by molar-refractivity contribution is 0.0826. The molecule has 2 rings (SSSR count). The second-order valence-corrected chi connectivity index (χ2v) is 6.09. The Bertz CT molecular complexity index is 674. The van der Waals surface area contributed by atoms with Gasteiger partial charge in [-0.2, -0.15) is 0 Å². The fourth-order valence-electron chi connectivity index (χ4n) is 2.57. The average molecular weight is 345 g/mol. The summed E-state index contributed by atoms with van der Waals surface area (Å²) in [4.78, 5) is 0. The summed E-state index contributed by atoms with van der Waals surface area (Å²) >= 11 is 0. The number of hydrogen-bond donors (Lipinski definition) is 2. The highest BCUT2D eigenvalue weighted by atomic mass is 16.5. The van der Waals surface area contributed by atoms with Gasteiger partial charge in [0.05, 0.1) is 14.2 Å². The van der Waals surface area contributed by atoms with E-state index in [9.17, 15) is 5.11 Å². The van der Waals surface area contributed by atoms with E-state index in [0.29, 0.717) is 17.9 Å². The molecule has 3 N–H and O–H groups in total. The van der Waals surface area contributed by atoms with Gasteiger partial charge >= 0.3 is 0 Å². The Hall–Kier alpha value is -2.24. The second-order valence-electron chi connectivity index (χ2n) is 6.09. The maximum absolute atomic E-state index is 10.2. The van der Waals surface area contributed by atoms with Crippen LogP contribution in [0.5, 0.6) is 17.2 Å². The fraction of sp³-hybridized carbons (Fsp3) is 0.400. The predicted molar refractivity (Wildman–Crippen MR) is 98.5 cm³/mol. The van der Waals surface area contributed by atoms with Crippen molar-refractivity contribution in [1.82, 2.24) is 0 Å². The number of hydrogen-bond acceptors (Lipinski definition) is 5. The fourth-order valence-corrected chi connectivity index (χ4v) is 2.57. The number of aryl methyl sites for hydroxylation is 2. The molecule has 0 spiro atoms. The van der Waals surface area contributed by atoms with Gasteiger partial charge in [0, 0.05) is 6.04 Å². The van der Waals surface area contributed by atoms with Crippen LogP contribution in [0.4, 0.5) is 0 Å². The summed E-state index contributed by atoms with van der Waals surface area (Å²) in [6, 6.07) is 13.1. The molecule has 0 amide bonds. The zero-order valence-electron chi connectivity index (χ0n) is 15.1. The molecular formula is C20H27NO4. The van der Waals surface area contributed by atoms with Crippen LogP contribution in [-0.2, 0) is 6.42 Å². The molecule has 25 heavy (non-hydrogen) atoms. The van der Waals surface area contributed by atoms with Gasteiger partial charge in [-0.25, -0.2) is 0 Å². The Morgan fingerprint density at radius 2 is 1.80 bits per heavy atom. The van der Waals surface area contributed by atoms with Crippen LogP contribution < -0.4 is 19.9 Å². The molecule has 2 unspecified atom stereocenters. The van der Waals surface area contributed by atoms with Crippen molar-refractivity contribution in [2.45, 2.75) is 31.9 Å². The lowest BCUT2D eigenvalue weighted by atomic mass is 10.0. The van der Waals surface area contributed by atoms with Gasteiger partial charge in [-0.3, -0.25) is 0 Å². The van der Waals surface area contributed by atoms with Crippen molar-refractivity contribution >= 4 is 0 Å². The van der Waals surface area contributed by atoms with Crippen LogP contribution >= 0.6 is 0 Å². The van der Waals surface area contributed by atoms with E-state index in [1.165, 1.54) is 0 Å². The number of nitrogens with two attached hydrogens (primary N) is 1. The SMILES string of the molecule is COc1ccc(CCC(N)C(O)COc2cccc(C)c2)cc1OC. The van der Waals surface area contributed by atoms with Crippen molar-refractivity contribution in [1.29, 1.82) is 0 Å². The predicted octanol–water partition coefficient (Wildman–Crippen LogP) is 2.71. The summed E-state index contributed by atoms with van der Waals surface area (Å²) < 4.78 is 16.2. The molecule has 0 heterocycles. The van der Waals surface area contributed by atoms with E-state index in [0.717, 1.165) is 23.3 Å². The molecule has 0 saturated carbocycles. The maximum atomic E-state index is 10.2. The monoisotopic (exact) mass is 345 g/mol. The van der Waals surface area contributed by atoms with Gasteiger partial charge < -0.3 is 25.1 Å². The van der Waals surface area contributed by atoms with Gasteiger partial charge in [0.15, 0.2) is 11.5 Å². The van der Waals surface area contributed by atoms with E-state index in [1.807, 2.05) is 49.4 Å². The summed E-state index contributed by atoms with van der Waals surface area (Å²) in [5, 5.41) is 10.2. The van der Waals surface area contributed by atoms with Gasteiger partial charge in [0.25, 0.3) is 0 Å². The molecule has 0 aliphatic carbocycles. The molecule has 0 saturated heterocycles. The first kappa shape index (κ1) is 19.1. The van der Waals surface area contributed by atoms with E-state index in [4.69, 9.17) is 19.9 Å². The molecule has 2 aromatic rings. The van der Waals surface area contributed by atoms with Crippen LogP contribution in [0.25, 0.3) is 0 Å². The third-order valence-electron chi connectivity index (χ3n) is 4.12. The molecule has 5 nitrogen and oxygen atoms in total. The van der Waals surface area contributed by atoms with E-state index >= 15 is 0 Å². The summed E-state index contributed by atoms with van der Waals surface area (Å²) in [6.45, 7) is 2.18. The van der Waals surface area contributed by atoms with Crippen molar-refractivity contribution in [2.75, 3.05) is 20.8 Å². The Kier molecular flexibility index (Phi) is 7.10. The van der Waals surface area contributed by atoms with E-state index < -0.39 is 6.10 Å². The number of benzene rings is 2. The zero-order chi connectivity index (χ0) is 18.2. The molecular weight excluding hydrogens is 318 g/mol. The third kappa shape index (κ3) is 5.66. The summed E-state index contributed by atoms with van der Waals surface area (Å²) in [7, 11) is 3.22. The molecule has 0 aromatic heterocycles. The number of ether oxygens (including phenoxy) is 3. The quantitative estimate of drug-likeness (QED) is 0.731. The summed E-state index contributed by atoms with van der Waals surface area (Å²) in [6.07, 6.45) is 0.664. The van der Waals surface area contributed by atoms with Crippen molar-refractivity contribution in [3.05, 3.63) is 53.6 Å². The Labute approximate surface area is 149 Å². The van der Waals surface area contributed by atoms with Crippen LogP contribution in [0.15, 0.2) is 42.5 Å². The molecule has 0 bridgehead atoms. The molecule has 5 heteroatoms. The van der Waals surface area contributed by atoms with Crippen molar-refractivity contribution < 1.29 is 19.3 Å². The van der Waals surface area contributed by atoms with Crippen LogP contribution in [0.2, 0.25) is 0 Å². The Balaban J connectivity index is 1.83. The van der Waals surface area contributed by atoms with E-state index in [1.54, 1.807) is 14.2 Å². The number of aliphatic hydroxyl groups is 1. The lowest BCUT2D eigenvalue weighted by Crippen LogP contribution is -2.39. The van der Waals surface area contributed by atoms with Gasteiger partial charge in [0.1, 0.15) is 18.5 Å². The van der Waals surface area contributed by atoms with E-state index in [-0.39, 0.29) is 12.6 Å². The molecule has 2 aromatic carbocycles. The molecule has 0 radical (unpaired) electrons. The zero-order valence-corrected chi connectivity index (χ0v) is 15.1. The van der Waals surface area contributed by atoms with Crippen molar-refractivity contribution in [3.8, 4) is 17.2 Å². The van der Waals surface area contributed by atoms with E-state index in [2.05, 4.69) is 0 Å². The molecule has 0 aliphatic heterocycles. The number of aliphatic hydroxyl groups excluding tert-OH is 1. The smallest absolute Gasteiger partial charge is 0.160 e. The van der Waals surface area contributed by atoms with Gasteiger partial charge in [0.2, 0.25) is 0 Å². The maximum Gasteiger partial charge on any atom is 0.160 e. The Morgan fingerprint density at radius 3 is 2.48 bits per heavy atom. The minimum Gasteiger partial charge on any atom is -0.493 e.